The Labute approximate surface area is 236 Å². The Hall–Kier alpha value is -4.03. The van der Waals surface area contributed by atoms with Crippen LogP contribution in [0.25, 0.3) is 0 Å². The molecule has 1 atom stereocenters. The molecule has 1 fully saturated rings. The Morgan fingerprint density at radius 1 is 1.12 bits per heavy atom. The normalized spacial score (nSPS) is 14.9. The lowest BCUT2D eigenvalue weighted by Crippen LogP contribution is -2.45. The lowest BCUT2D eigenvalue weighted by molar-refractivity contribution is -0.135. The summed E-state index contributed by atoms with van der Waals surface area (Å²) in [7, 11) is 3.88. The van der Waals surface area contributed by atoms with Crippen LogP contribution < -0.4 is 21.1 Å². The molecule has 40 heavy (non-hydrogen) atoms. The summed E-state index contributed by atoms with van der Waals surface area (Å²) in [6, 6.07) is 11.3. The first-order chi connectivity index (χ1) is 19.0. The van der Waals surface area contributed by atoms with Gasteiger partial charge in [-0.05, 0) is 88.4 Å². The van der Waals surface area contributed by atoms with Gasteiger partial charge in [-0.3, -0.25) is 14.4 Å². The van der Waals surface area contributed by atoms with Crippen molar-refractivity contribution in [3.05, 3.63) is 64.8 Å². The SMILES string of the molecule is CC(C(N)=O)N(c1ccc(F)cc1)c1nc(N)c(C(=O)c2ccc(OCC(=O)N(C)C3CCN(C)CC3)cc2)s1. The van der Waals surface area contributed by atoms with Crippen LogP contribution in [-0.4, -0.2) is 78.3 Å². The molecular formula is C28H33FN6O4S. The fraction of sp³-hybridized carbons (Fsp3) is 0.357. The number of rotatable bonds is 10. The van der Waals surface area contributed by atoms with E-state index < -0.39 is 17.8 Å². The Balaban J connectivity index is 1.44. The number of likely N-dealkylation sites (N-methyl/N-ethyl adjacent to an activating group) is 1. The van der Waals surface area contributed by atoms with E-state index in [-0.39, 0.29) is 40.2 Å². The summed E-state index contributed by atoms with van der Waals surface area (Å²) in [6.45, 7) is 3.40. The summed E-state index contributed by atoms with van der Waals surface area (Å²) in [5.74, 6) is -1.08. The van der Waals surface area contributed by atoms with Gasteiger partial charge in [-0.25, -0.2) is 9.37 Å². The van der Waals surface area contributed by atoms with Crippen molar-refractivity contribution in [3.63, 3.8) is 0 Å². The minimum Gasteiger partial charge on any atom is -0.484 e. The van der Waals surface area contributed by atoms with Crippen LogP contribution in [0.4, 0.5) is 21.0 Å². The number of ketones is 1. The summed E-state index contributed by atoms with van der Waals surface area (Å²) in [4.78, 5) is 47.9. The molecule has 212 valence electrons. The Bertz CT molecular complexity index is 1360. The van der Waals surface area contributed by atoms with Crippen molar-refractivity contribution in [2.75, 3.05) is 44.4 Å². The molecule has 1 aromatic heterocycles. The van der Waals surface area contributed by atoms with Crippen LogP contribution in [0.5, 0.6) is 5.75 Å². The van der Waals surface area contributed by atoms with Gasteiger partial charge in [-0.2, -0.15) is 0 Å². The first-order valence-corrected chi connectivity index (χ1v) is 13.7. The molecule has 0 aliphatic carbocycles. The second kappa shape index (κ2) is 12.4. The van der Waals surface area contributed by atoms with Crippen molar-refractivity contribution >= 4 is 45.6 Å². The molecule has 10 nitrogen and oxygen atoms in total. The van der Waals surface area contributed by atoms with Crippen molar-refractivity contribution in [2.24, 2.45) is 5.73 Å². The maximum Gasteiger partial charge on any atom is 0.260 e. The van der Waals surface area contributed by atoms with Gasteiger partial charge in [0, 0.05) is 24.3 Å². The van der Waals surface area contributed by atoms with Gasteiger partial charge in [-0.15, -0.1) is 0 Å². The van der Waals surface area contributed by atoms with Crippen LogP contribution in [0, 0.1) is 5.82 Å². The first-order valence-electron chi connectivity index (χ1n) is 12.9. The van der Waals surface area contributed by atoms with E-state index in [0.29, 0.717) is 17.0 Å². The number of nitrogen functional groups attached to an aromatic ring is 1. The third-order valence-electron chi connectivity index (χ3n) is 7.07. The molecule has 1 saturated heterocycles. The number of thiazole rings is 1. The van der Waals surface area contributed by atoms with Crippen LogP contribution in [0.15, 0.2) is 48.5 Å². The minimum atomic E-state index is -0.836. The number of carbonyl (C=O) groups is 3. The predicted molar refractivity (Wildman–Crippen MR) is 152 cm³/mol. The molecule has 3 aromatic rings. The number of ether oxygens (including phenoxy) is 1. The van der Waals surface area contributed by atoms with Crippen LogP contribution in [-0.2, 0) is 9.59 Å². The molecule has 1 aliphatic heterocycles. The number of anilines is 3. The number of nitrogens with two attached hydrogens (primary N) is 2. The highest BCUT2D eigenvalue weighted by Crippen LogP contribution is 2.36. The lowest BCUT2D eigenvalue weighted by Gasteiger charge is -2.35. The molecule has 4 N–H and O–H groups in total. The van der Waals surface area contributed by atoms with E-state index in [1.54, 1.807) is 43.1 Å². The van der Waals surface area contributed by atoms with E-state index in [0.717, 1.165) is 37.3 Å². The summed E-state index contributed by atoms with van der Waals surface area (Å²) < 4.78 is 19.2. The van der Waals surface area contributed by atoms with Crippen LogP contribution in [0.1, 0.15) is 35.0 Å². The lowest BCUT2D eigenvalue weighted by atomic mass is 10.0. The zero-order chi connectivity index (χ0) is 29.0. The molecule has 2 aromatic carbocycles. The summed E-state index contributed by atoms with van der Waals surface area (Å²) >= 11 is 1.00. The molecule has 4 rings (SSSR count). The van der Waals surface area contributed by atoms with Crippen LogP contribution in [0.3, 0.4) is 0 Å². The Kier molecular flexibility index (Phi) is 9.00. The van der Waals surface area contributed by atoms with Crippen molar-refractivity contribution in [1.29, 1.82) is 0 Å². The molecule has 1 aliphatic rings. The fourth-order valence-corrected chi connectivity index (χ4v) is 5.53. The molecule has 0 radical (unpaired) electrons. The molecular weight excluding hydrogens is 535 g/mol. The standard InChI is InChI=1S/C28H33FN6O4S/c1-17(27(31)38)35(21-8-6-19(29)7-9-21)28-32-26(30)25(40-28)24(37)18-4-10-22(11-5-18)39-16-23(36)34(3)20-12-14-33(2)15-13-20/h4-11,17,20H,12-16,30H2,1-3H3,(H2,31,38). The number of hydrogen-bond acceptors (Lipinski definition) is 9. The van der Waals surface area contributed by atoms with Crippen molar-refractivity contribution in [3.8, 4) is 5.75 Å². The van der Waals surface area contributed by atoms with Crippen molar-refractivity contribution in [2.45, 2.75) is 31.8 Å². The average molecular weight is 569 g/mol. The summed E-state index contributed by atoms with van der Waals surface area (Å²) in [6.07, 6.45) is 1.86. The number of benzene rings is 2. The second-order valence-corrected chi connectivity index (χ2v) is 10.8. The van der Waals surface area contributed by atoms with Gasteiger partial charge in [0.2, 0.25) is 11.7 Å². The quantitative estimate of drug-likeness (QED) is 0.357. The monoisotopic (exact) mass is 568 g/mol. The van der Waals surface area contributed by atoms with E-state index in [2.05, 4.69) is 16.9 Å². The number of primary amides is 1. The van der Waals surface area contributed by atoms with Gasteiger partial charge < -0.3 is 30.9 Å². The highest BCUT2D eigenvalue weighted by molar-refractivity contribution is 7.18. The number of aromatic nitrogens is 1. The molecule has 2 amide bonds. The average Bonchev–Trinajstić information content (AvgIpc) is 3.33. The number of amides is 2. The van der Waals surface area contributed by atoms with Crippen molar-refractivity contribution in [1.82, 2.24) is 14.8 Å². The summed E-state index contributed by atoms with van der Waals surface area (Å²) in [5.41, 5.74) is 12.5. The zero-order valence-electron chi connectivity index (χ0n) is 22.7. The topological polar surface area (TPSA) is 135 Å². The Morgan fingerprint density at radius 3 is 2.35 bits per heavy atom. The molecule has 2 heterocycles. The number of hydrogen-bond donors (Lipinski definition) is 2. The van der Waals surface area contributed by atoms with Crippen LogP contribution in [0.2, 0.25) is 0 Å². The van der Waals surface area contributed by atoms with Crippen molar-refractivity contribution < 1.29 is 23.5 Å². The molecule has 0 spiro atoms. The third kappa shape index (κ3) is 6.57. The van der Waals surface area contributed by atoms with E-state index in [9.17, 15) is 18.8 Å². The highest BCUT2D eigenvalue weighted by Gasteiger charge is 2.28. The maximum absolute atomic E-state index is 13.5. The van der Waals surface area contributed by atoms with Gasteiger partial charge in [0.1, 0.15) is 28.3 Å². The smallest absolute Gasteiger partial charge is 0.260 e. The largest absolute Gasteiger partial charge is 0.484 e. The Morgan fingerprint density at radius 2 is 1.75 bits per heavy atom. The van der Waals surface area contributed by atoms with Gasteiger partial charge >= 0.3 is 0 Å². The second-order valence-electron chi connectivity index (χ2n) is 9.82. The fourth-order valence-electron chi connectivity index (χ4n) is 4.48. The molecule has 0 saturated carbocycles. The first kappa shape index (κ1) is 29.0. The van der Waals surface area contributed by atoms with E-state index in [4.69, 9.17) is 16.2 Å². The number of carbonyl (C=O) groups excluding carboxylic acids is 3. The van der Waals surface area contributed by atoms with Gasteiger partial charge in [-0.1, -0.05) is 11.3 Å². The number of nitrogens with zero attached hydrogens (tertiary/aromatic N) is 4. The molecule has 12 heteroatoms. The molecule has 0 bridgehead atoms. The number of likely N-dealkylation sites (tertiary alicyclic amines) is 1. The third-order valence-corrected chi connectivity index (χ3v) is 8.14. The predicted octanol–water partition coefficient (Wildman–Crippen LogP) is 3.04. The highest BCUT2D eigenvalue weighted by atomic mass is 32.1. The summed E-state index contributed by atoms with van der Waals surface area (Å²) in [5, 5.41) is 0.269. The minimum absolute atomic E-state index is 0.00310. The number of piperidine rings is 1. The van der Waals surface area contributed by atoms with E-state index >= 15 is 0 Å². The zero-order valence-corrected chi connectivity index (χ0v) is 23.5. The van der Waals surface area contributed by atoms with Gasteiger partial charge in [0.25, 0.3) is 5.91 Å². The molecule has 1 unspecified atom stereocenters. The van der Waals surface area contributed by atoms with Gasteiger partial charge in [0.15, 0.2) is 11.7 Å². The van der Waals surface area contributed by atoms with E-state index in [1.807, 2.05) is 0 Å². The van der Waals surface area contributed by atoms with Crippen LogP contribution >= 0.6 is 11.3 Å². The number of halogens is 1. The maximum atomic E-state index is 13.5. The van der Waals surface area contributed by atoms with E-state index in [1.165, 1.54) is 29.2 Å². The van der Waals surface area contributed by atoms with Gasteiger partial charge in [0.05, 0.1) is 0 Å².